The highest BCUT2D eigenvalue weighted by atomic mass is 16.5. The van der Waals surface area contributed by atoms with Gasteiger partial charge in [0.15, 0.2) is 6.61 Å². The van der Waals surface area contributed by atoms with Crippen LogP contribution in [0.1, 0.15) is 24.7 Å². The van der Waals surface area contributed by atoms with Crippen LogP contribution >= 0.6 is 0 Å². The van der Waals surface area contributed by atoms with Gasteiger partial charge >= 0.3 is 0 Å². The van der Waals surface area contributed by atoms with Gasteiger partial charge in [0.2, 0.25) is 0 Å². The summed E-state index contributed by atoms with van der Waals surface area (Å²) in [5.41, 5.74) is 3.99. The van der Waals surface area contributed by atoms with Crippen LogP contribution in [-0.2, 0) is 4.79 Å². The molecule has 1 aliphatic heterocycles. The Hall–Kier alpha value is -3.60. The number of amides is 1. The fraction of sp³-hybridized carbons (Fsp3) is 0.200. The predicted octanol–water partition coefficient (Wildman–Crippen LogP) is 4.97. The van der Waals surface area contributed by atoms with E-state index in [-0.39, 0.29) is 18.6 Å². The van der Waals surface area contributed by atoms with Crippen molar-refractivity contribution in [2.75, 3.05) is 13.2 Å². The molecular formula is C25H23N3O2. The van der Waals surface area contributed by atoms with Crippen molar-refractivity contribution in [1.29, 1.82) is 0 Å². The number of H-pyrrole nitrogens is 1. The first-order valence-corrected chi connectivity index (χ1v) is 10.3. The van der Waals surface area contributed by atoms with Crippen LogP contribution in [0.25, 0.3) is 22.2 Å². The van der Waals surface area contributed by atoms with Gasteiger partial charge < -0.3 is 14.6 Å². The fourth-order valence-corrected chi connectivity index (χ4v) is 4.15. The van der Waals surface area contributed by atoms with E-state index >= 15 is 0 Å². The molecule has 5 nitrogen and oxygen atoms in total. The maximum absolute atomic E-state index is 13.0. The van der Waals surface area contributed by atoms with Crippen LogP contribution in [0, 0.1) is 0 Å². The molecule has 1 fully saturated rings. The van der Waals surface area contributed by atoms with Crippen LogP contribution in [0.15, 0.2) is 78.9 Å². The number of nitrogens with one attached hydrogen (secondary N) is 1. The van der Waals surface area contributed by atoms with E-state index < -0.39 is 0 Å². The molecule has 0 aliphatic carbocycles. The van der Waals surface area contributed by atoms with Crippen LogP contribution in [0.2, 0.25) is 0 Å². The van der Waals surface area contributed by atoms with Crippen LogP contribution in [-0.4, -0.2) is 33.9 Å². The van der Waals surface area contributed by atoms with Gasteiger partial charge in [-0.15, -0.1) is 0 Å². The number of hydrogen-bond acceptors (Lipinski definition) is 3. The maximum atomic E-state index is 13.0. The quantitative estimate of drug-likeness (QED) is 0.517. The first-order chi connectivity index (χ1) is 14.8. The molecule has 1 aliphatic rings. The third kappa shape index (κ3) is 3.54. The molecule has 0 saturated carbocycles. The fourth-order valence-electron chi connectivity index (χ4n) is 4.15. The molecule has 30 heavy (non-hydrogen) atoms. The SMILES string of the molecule is O=C(COc1ccccc1-c1ccccc1)N1CCCC1c1nc2ccccc2[nH]1. The lowest BCUT2D eigenvalue weighted by molar-refractivity contribution is -0.134. The Kier molecular flexibility index (Phi) is 4.93. The van der Waals surface area contributed by atoms with E-state index in [0.29, 0.717) is 0 Å². The van der Waals surface area contributed by atoms with Crippen LogP contribution in [0.5, 0.6) is 5.75 Å². The maximum Gasteiger partial charge on any atom is 0.261 e. The average Bonchev–Trinajstić information content (AvgIpc) is 3.45. The molecule has 150 valence electrons. The first kappa shape index (κ1) is 18.4. The highest BCUT2D eigenvalue weighted by Crippen LogP contribution is 2.33. The largest absolute Gasteiger partial charge is 0.483 e. The van der Waals surface area contributed by atoms with Crippen molar-refractivity contribution in [1.82, 2.24) is 14.9 Å². The number of benzene rings is 3. The summed E-state index contributed by atoms with van der Waals surface area (Å²) >= 11 is 0. The van der Waals surface area contributed by atoms with Crippen molar-refractivity contribution in [3.8, 4) is 16.9 Å². The van der Waals surface area contributed by atoms with Gasteiger partial charge in [0.1, 0.15) is 11.6 Å². The van der Waals surface area contributed by atoms with Crippen LogP contribution in [0.3, 0.4) is 0 Å². The van der Waals surface area contributed by atoms with Gasteiger partial charge in [-0.1, -0.05) is 60.7 Å². The smallest absolute Gasteiger partial charge is 0.261 e. The molecule has 5 rings (SSSR count). The van der Waals surface area contributed by atoms with Crippen molar-refractivity contribution in [3.05, 3.63) is 84.7 Å². The minimum absolute atomic E-state index is 0.0131. The Bertz CT molecular complexity index is 1140. The summed E-state index contributed by atoms with van der Waals surface area (Å²) < 4.78 is 5.99. The van der Waals surface area contributed by atoms with E-state index in [1.165, 1.54) is 0 Å². The molecule has 1 aromatic heterocycles. The molecule has 2 heterocycles. The van der Waals surface area contributed by atoms with Gasteiger partial charge in [0.05, 0.1) is 17.1 Å². The first-order valence-electron chi connectivity index (χ1n) is 10.3. The minimum atomic E-state index is -0.0298. The van der Waals surface area contributed by atoms with E-state index in [9.17, 15) is 4.79 Å². The van der Waals surface area contributed by atoms with Crippen molar-refractivity contribution in [2.24, 2.45) is 0 Å². The molecule has 1 saturated heterocycles. The molecule has 1 amide bonds. The third-order valence-corrected chi connectivity index (χ3v) is 5.62. The van der Waals surface area contributed by atoms with E-state index in [1.54, 1.807) is 0 Å². The zero-order valence-corrected chi connectivity index (χ0v) is 16.6. The summed E-state index contributed by atoms with van der Waals surface area (Å²) in [6.45, 7) is 0.741. The summed E-state index contributed by atoms with van der Waals surface area (Å²) in [6, 6.07) is 25.8. The van der Waals surface area contributed by atoms with E-state index in [0.717, 1.165) is 53.1 Å². The second-order valence-corrected chi connectivity index (χ2v) is 7.54. The number of para-hydroxylation sites is 3. The lowest BCUT2D eigenvalue weighted by Crippen LogP contribution is -2.34. The summed E-state index contributed by atoms with van der Waals surface area (Å²) in [7, 11) is 0. The highest BCUT2D eigenvalue weighted by molar-refractivity contribution is 5.80. The number of nitrogens with zero attached hydrogens (tertiary/aromatic N) is 2. The summed E-state index contributed by atoms with van der Waals surface area (Å²) in [5, 5.41) is 0. The monoisotopic (exact) mass is 397 g/mol. The lowest BCUT2D eigenvalue weighted by Gasteiger charge is -2.23. The van der Waals surface area contributed by atoms with Gasteiger partial charge in [0, 0.05) is 12.1 Å². The van der Waals surface area contributed by atoms with Gasteiger partial charge in [-0.3, -0.25) is 4.79 Å². The molecule has 3 aromatic carbocycles. The minimum Gasteiger partial charge on any atom is -0.483 e. The lowest BCUT2D eigenvalue weighted by atomic mass is 10.1. The molecule has 0 bridgehead atoms. The Labute approximate surface area is 175 Å². The number of imidazole rings is 1. The van der Waals surface area contributed by atoms with Gasteiger partial charge in [-0.25, -0.2) is 4.98 Å². The Balaban J connectivity index is 1.32. The van der Waals surface area contributed by atoms with Crippen LogP contribution in [0.4, 0.5) is 0 Å². The summed E-state index contributed by atoms with van der Waals surface area (Å²) in [4.78, 5) is 23.0. The second kappa shape index (κ2) is 8.03. The van der Waals surface area contributed by atoms with Crippen molar-refractivity contribution >= 4 is 16.9 Å². The number of aromatic amines is 1. The van der Waals surface area contributed by atoms with E-state index in [4.69, 9.17) is 9.72 Å². The second-order valence-electron chi connectivity index (χ2n) is 7.54. The number of rotatable bonds is 5. The number of hydrogen-bond donors (Lipinski definition) is 1. The molecule has 1 N–H and O–H groups in total. The molecule has 0 radical (unpaired) electrons. The molecule has 1 atom stereocenters. The zero-order valence-electron chi connectivity index (χ0n) is 16.6. The summed E-state index contributed by atoms with van der Waals surface area (Å²) in [6.07, 6.45) is 1.88. The number of fused-ring (bicyclic) bond motifs is 1. The molecule has 4 aromatic rings. The van der Waals surface area contributed by atoms with E-state index in [1.807, 2.05) is 83.8 Å². The van der Waals surface area contributed by atoms with Gasteiger partial charge in [-0.2, -0.15) is 0 Å². The average molecular weight is 397 g/mol. The van der Waals surface area contributed by atoms with Crippen molar-refractivity contribution < 1.29 is 9.53 Å². The molecule has 0 spiro atoms. The van der Waals surface area contributed by atoms with E-state index in [2.05, 4.69) is 4.98 Å². The topological polar surface area (TPSA) is 58.2 Å². The number of likely N-dealkylation sites (tertiary alicyclic amines) is 1. The van der Waals surface area contributed by atoms with Gasteiger partial charge in [0.25, 0.3) is 5.91 Å². The third-order valence-electron chi connectivity index (χ3n) is 5.62. The van der Waals surface area contributed by atoms with Crippen molar-refractivity contribution in [2.45, 2.75) is 18.9 Å². The van der Waals surface area contributed by atoms with Crippen molar-refractivity contribution in [3.63, 3.8) is 0 Å². The van der Waals surface area contributed by atoms with Gasteiger partial charge in [-0.05, 0) is 36.6 Å². The number of ether oxygens (including phenoxy) is 1. The molecular weight excluding hydrogens is 374 g/mol. The number of carbonyl (C=O) groups excluding carboxylic acids is 1. The number of carbonyl (C=O) groups is 1. The number of aromatic nitrogens is 2. The predicted molar refractivity (Wildman–Crippen MR) is 117 cm³/mol. The summed E-state index contributed by atoms with van der Waals surface area (Å²) in [5.74, 6) is 1.56. The molecule has 1 unspecified atom stereocenters. The highest BCUT2D eigenvalue weighted by Gasteiger charge is 2.32. The normalized spacial score (nSPS) is 16.1. The zero-order chi connectivity index (χ0) is 20.3. The standard InChI is InChI=1S/C25H23N3O2/c29-24(17-30-23-15-7-4-11-19(23)18-9-2-1-3-10-18)28-16-8-14-22(28)25-26-20-12-5-6-13-21(20)27-25/h1-7,9-13,15,22H,8,14,16-17H2,(H,26,27). The molecule has 5 heteroatoms. The Morgan fingerprint density at radius 3 is 2.63 bits per heavy atom. The Morgan fingerprint density at radius 2 is 1.77 bits per heavy atom. The van der Waals surface area contributed by atoms with Crippen LogP contribution < -0.4 is 4.74 Å². The Morgan fingerprint density at radius 1 is 1.00 bits per heavy atom.